The standard InChI is InChI=1S/C20H18N6OS/c27-20(14-9-7-13(8-10-14)18-22-24-25-23-18)26-11-3-4-15(12-26)19-21-16-5-1-2-6-17(16)28-19/h1-2,5-10,15H,3-4,11-12H2,(H,22,23,24,25). The Balaban J connectivity index is 1.33. The highest BCUT2D eigenvalue weighted by atomic mass is 32.1. The molecule has 0 bridgehead atoms. The number of hydrogen-bond donors (Lipinski definition) is 1. The number of thiazole rings is 1. The van der Waals surface area contributed by atoms with Gasteiger partial charge in [-0.2, -0.15) is 5.21 Å². The van der Waals surface area contributed by atoms with Crippen molar-refractivity contribution >= 4 is 27.5 Å². The van der Waals surface area contributed by atoms with Gasteiger partial charge in [0.1, 0.15) is 0 Å². The Kier molecular flexibility index (Phi) is 4.32. The van der Waals surface area contributed by atoms with Crippen LogP contribution in [0.4, 0.5) is 0 Å². The number of benzene rings is 2. The monoisotopic (exact) mass is 390 g/mol. The SMILES string of the molecule is O=C(c1ccc(-c2nn[nH]n2)cc1)N1CCCC(c2nc3ccccc3s2)C1. The number of nitrogens with zero attached hydrogens (tertiary/aromatic N) is 5. The zero-order valence-electron chi connectivity index (χ0n) is 15.1. The molecule has 28 heavy (non-hydrogen) atoms. The average molecular weight is 390 g/mol. The minimum absolute atomic E-state index is 0.0606. The Morgan fingerprint density at radius 3 is 2.79 bits per heavy atom. The van der Waals surface area contributed by atoms with Crippen LogP contribution in [0.3, 0.4) is 0 Å². The van der Waals surface area contributed by atoms with Crippen LogP contribution in [-0.2, 0) is 0 Å². The van der Waals surface area contributed by atoms with Crippen molar-refractivity contribution in [2.45, 2.75) is 18.8 Å². The lowest BCUT2D eigenvalue weighted by molar-refractivity contribution is 0.0707. The number of tetrazole rings is 1. The second-order valence-electron chi connectivity index (χ2n) is 6.92. The van der Waals surface area contributed by atoms with Gasteiger partial charge in [-0.15, -0.1) is 21.5 Å². The van der Waals surface area contributed by atoms with E-state index in [1.807, 2.05) is 47.4 Å². The largest absolute Gasteiger partial charge is 0.338 e. The van der Waals surface area contributed by atoms with E-state index in [1.54, 1.807) is 11.3 Å². The van der Waals surface area contributed by atoms with Crippen LogP contribution < -0.4 is 0 Å². The molecular formula is C20H18N6OS. The van der Waals surface area contributed by atoms with Crippen LogP contribution in [0.2, 0.25) is 0 Å². The van der Waals surface area contributed by atoms with E-state index >= 15 is 0 Å². The summed E-state index contributed by atoms with van der Waals surface area (Å²) in [7, 11) is 0. The van der Waals surface area contributed by atoms with E-state index in [1.165, 1.54) is 4.70 Å². The van der Waals surface area contributed by atoms with E-state index in [2.05, 4.69) is 26.7 Å². The van der Waals surface area contributed by atoms with Crippen LogP contribution in [0.15, 0.2) is 48.5 Å². The number of rotatable bonds is 3. The van der Waals surface area contributed by atoms with Gasteiger partial charge < -0.3 is 4.90 Å². The first kappa shape index (κ1) is 17.0. The number of aromatic nitrogens is 5. The summed E-state index contributed by atoms with van der Waals surface area (Å²) in [5.74, 6) is 0.882. The van der Waals surface area contributed by atoms with Gasteiger partial charge in [0.15, 0.2) is 0 Å². The molecule has 0 saturated carbocycles. The molecule has 0 spiro atoms. The van der Waals surface area contributed by atoms with Gasteiger partial charge in [-0.25, -0.2) is 4.98 Å². The van der Waals surface area contributed by atoms with Gasteiger partial charge in [0, 0.05) is 30.1 Å². The molecular weight excluding hydrogens is 372 g/mol. The first-order valence-electron chi connectivity index (χ1n) is 9.26. The lowest BCUT2D eigenvalue weighted by atomic mass is 9.98. The highest BCUT2D eigenvalue weighted by Crippen LogP contribution is 2.33. The van der Waals surface area contributed by atoms with Gasteiger partial charge >= 0.3 is 0 Å². The van der Waals surface area contributed by atoms with Gasteiger partial charge in [0.2, 0.25) is 5.82 Å². The normalized spacial score (nSPS) is 17.1. The number of carbonyl (C=O) groups excluding carboxylic acids is 1. The Hall–Kier alpha value is -3.13. The van der Waals surface area contributed by atoms with E-state index in [0.717, 1.165) is 35.5 Å². The number of aromatic amines is 1. The Labute approximate surface area is 165 Å². The summed E-state index contributed by atoms with van der Waals surface area (Å²) in [6.45, 7) is 1.50. The van der Waals surface area contributed by atoms with Crippen LogP contribution in [0.25, 0.3) is 21.6 Å². The molecule has 1 atom stereocenters. The molecule has 140 valence electrons. The van der Waals surface area contributed by atoms with E-state index in [4.69, 9.17) is 4.98 Å². The van der Waals surface area contributed by atoms with Crippen LogP contribution in [0.5, 0.6) is 0 Å². The fourth-order valence-corrected chi connectivity index (χ4v) is 4.75. The summed E-state index contributed by atoms with van der Waals surface area (Å²) >= 11 is 1.74. The smallest absolute Gasteiger partial charge is 0.253 e. The fraction of sp³-hybridized carbons (Fsp3) is 0.250. The van der Waals surface area contributed by atoms with E-state index in [-0.39, 0.29) is 5.91 Å². The molecule has 3 heterocycles. The highest BCUT2D eigenvalue weighted by molar-refractivity contribution is 7.18. The van der Waals surface area contributed by atoms with Crippen molar-refractivity contribution in [2.75, 3.05) is 13.1 Å². The number of carbonyl (C=O) groups is 1. The average Bonchev–Trinajstić information content (AvgIpc) is 3.43. The highest BCUT2D eigenvalue weighted by Gasteiger charge is 2.27. The first-order valence-corrected chi connectivity index (χ1v) is 10.1. The second kappa shape index (κ2) is 7.12. The molecule has 1 fully saturated rings. The summed E-state index contributed by atoms with van der Waals surface area (Å²) in [5.41, 5.74) is 2.55. The molecule has 5 rings (SSSR count). The second-order valence-corrected chi connectivity index (χ2v) is 7.99. The summed E-state index contributed by atoms with van der Waals surface area (Å²) in [5, 5.41) is 15.1. The summed E-state index contributed by atoms with van der Waals surface area (Å²) in [6, 6.07) is 15.6. The molecule has 1 aliphatic rings. The third kappa shape index (κ3) is 3.16. The molecule has 1 unspecified atom stereocenters. The lowest BCUT2D eigenvalue weighted by Gasteiger charge is -2.32. The number of H-pyrrole nitrogens is 1. The molecule has 7 nitrogen and oxygen atoms in total. The van der Waals surface area contributed by atoms with Gasteiger partial charge in [-0.05, 0) is 42.3 Å². The third-order valence-electron chi connectivity index (χ3n) is 5.10. The van der Waals surface area contributed by atoms with E-state index < -0.39 is 0 Å². The molecule has 1 saturated heterocycles. The van der Waals surface area contributed by atoms with Crippen LogP contribution in [-0.4, -0.2) is 49.5 Å². The summed E-state index contributed by atoms with van der Waals surface area (Å²) in [4.78, 5) is 19.8. The zero-order valence-corrected chi connectivity index (χ0v) is 15.9. The van der Waals surface area contributed by atoms with Crippen molar-refractivity contribution in [1.29, 1.82) is 0 Å². The molecule has 1 amide bonds. The summed E-state index contributed by atoms with van der Waals surface area (Å²) in [6.07, 6.45) is 2.06. The van der Waals surface area contributed by atoms with Crippen molar-refractivity contribution in [3.05, 3.63) is 59.1 Å². The Bertz CT molecular complexity index is 1070. The van der Waals surface area contributed by atoms with Crippen LogP contribution in [0.1, 0.15) is 34.1 Å². The fourth-order valence-electron chi connectivity index (χ4n) is 3.66. The third-order valence-corrected chi connectivity index (χ3v) is 6.30. The van der Waals surface area contributed by atoms with Gasteiger partial charge in [-0.3, -0.25) is 4.79 Å². The van der Waals surface area contributed by atoms with Crippen LogP contribution >= 0.6 is 11.3 Å². The number of likely N-dealkylation sites (tertiary alicyclic amines) is 1. The number of amides is 1. The maximum absolute atomic E-state index is 13.0. The molecule has 1 N–H and O–H groups in total. The molecule has 4 aromatic rings. The van der Waals surface area contributed by atoms with Crippen LogP contribution in [0, 0.1) is 0 Å². The quantitative estimate of drug-likeness (QED) is 0.578. The number of nitrogens with one attached hydrogen (secondary N) is 1. The Morgan fingerprint density at radius 2 is 2.00 bits per heavy atom. The molecule has 1 aliphatic heterocycles. The molecule has 0 aliphatic carbocycles. The van der Waals surface area contributed by atoms with Gasteiger partial charge in [-0.1, -0.05) is 24.3 Å². The molecule has 0 radical (unpaired) electrons. The van der Waals surface area contributed by atoms with E-state index in [9.17, 15) is 4.79 Å². The maximum Gasteiger partial charge on any atom is 0.253 e. The van der Waals surface area contributed by atoms with Gasteiger partial charge in [0.05, 0.1) is 15.2 Å². The predicted molar refractivity (Wildman–Crippen MR) is 107 cm³/mol. The molecule has 2 aromatic carbocycles. The number of para-hydroxylation sites is 1. The zero-order chi connectivity index (χ0) is 18.9. The van der Waals surface area contributed by atoms with Crippen molar-refractivity contribution in [3.63, 3.8) is 0 Å². The molecule has 2 aromatic heterocycles. The first-order chi connectivity index (χ1) is 13.8. The van der Waals surface area contributed by atoms with Crippen molar-refractivity contribution in [1.82, 2.24) is 30.5 Å². The number of piperidine rings is 1. The minimum Gasteiger partial charge on any atom is -0.338 e. The van der Waals surface area contributed by atoms with E-state index in [0.29, 0.717) is 23.9 Å². The van der Waals surface area contributed by atoms with Gasteiger partial charge in [0.25, 0.3) is 5.91 Å². The minimum atomic E-state index is 0.0606. The Morgan fingerprint density at radius 1 is 1.14 bits per heavy atom. The lowest BCUT2D eigenvalue weighted by Crippen LogP contribution is -2.39. The van der Waals surface area contributed by atoms with Crippen molar-refractivity contribution < 1.29 is 4.79 Å². The van der Waals surface area contributed by atoms with Crippen molar-refractivity contribution in [2.24, 2.45) is 0 Å². The molecule has 8 heteroatoms. The van der Waals surface area contributed by atoms with Crippen molar-refractivity contribution in [3.8, 4) is 11.4 Å². The summed E-state index contributed by atoms with van der Waals surface area (Å²) < 4.78 is 1.21. The predicted octanol–water partition coefficient (Wildman–Crippen LogP) is 3.50. The number of fused-ring (bicyclic) bond motifs is 1. The maximum atomic E-state index is 13.0. The topological polar surface area (TPSA) is 87.7 Å². The number of hydrogen-bond acceptors (Lipinski definition) is 6.